The first-order chi connectivity index (χ1) is 17.5. The van der Waals surface area contributed by atoms with E-state index >= 15 is 0 Å². The molecule has 0 saturated heterocycles. The summed E-state index contributed by atoms with van der Waals surface area (Å²) in [6.07, 6.45) is 3.13. The lowest BCUT2D eigenvalue weighted by atomic mass is 10.1. The SMILES string of the molecule is CCCCNC(=O)C(CC)N(Cc1ccc(Cl)cc1)C(=O)CCCN(c1ccc(F)c(F)c1)S(C)(=O)=O. The van der Waals surface area contributed by atoms with Gasteiger partial charge in [0.1, 0.15) is 6.04 Å². The van der Waals surface area contributed by atoms with E-state index in [0.717, 1.165) is 41.1 Å². The zero-order valence-electron chi connectivity index (χ0n) is 21.3. The van der Waals surface area contributed by atoms with Gasteiger partial charge in [0, 0.05) is 37.1 Å². The van der Waals surface area contributed by atoms with Crippen molar-refractivity contribution < 1.29 is 26.8 Å². The van der Waals surface area contributed by atoms with Crippen molar-refractivity contribution in [1.29, 1.82) is 0 Å². The normalized spacial score (nSPS) is 12.2. The van der Waals surface area contributed by atoms with Crippen LogP contribution >= 0.6 is 11.6 Å². The molecule has 37 heavy (non-hydrogen) atoms. The molecule has 0 aliphatic carbocycles. The highest BCUT2D eigenvalue weighted by atomic mass is 35.5. The third-order valence-corrected chi connectivity index (χ3v) is 7.27. The van der Waals surface area contributed by atoms with Gasteiger partial charge < -0.3 is 10.2 Å². The lowest BCUT2D eigenvalue weighted by Gasteiger charge is -2.31. The smallest absolute Gasteiger partial charge is 0.242 e. The summed E-state index contributed by atoms with van der Waals surface area (Å²) in [5.74, 6) is -2.84. The van der Waals surface area contributed by atoms with Gasteiger partial charge in [-0.1, -0.05) is 44.0 Å². The van der Waals surface area contributed by atoms with Crippen molar-refractivity contribution in [3.63, 3.8) is 0 Å². The maximum absolute atomic E-state index is 13.7. The number of carbonyl (C=O) groups excluding carboxylic acids is 2. The van der Waals surface area contributed by atoms with E-state index in [1.807, 2.05) is 13.8 Å². The second kappa shape index (κ2) is 14.3. The van der Waals surface area contributed by atoms with E-state index in [4.69, 9.17) is 11.6 Å². The Labute approximate surface area is 222 Å². The second-order valence-corrected chi connectivity index (χ2v) is 11.1. The van der Waals surface area contributed by atoms with Crippen LogP contribution < -0.4 is 9.62 Å². The Bertz CT molecular complexity index is 1160. The number of unbranched alkanes of at least 4 members (excludes halogenated alkanes) is 1. The van der Waals surface area contributed by atoms with Crippen LogP contribution in [-0.2, 0) is 26.2 Å². The van der Waals surface area contributed by atoms with Crippen molar-refractivity contribution in [3.8, 4) is 0 Å². The Morgan fingerprint density at radius 3 is 2.27 bits per heavy atom. The first kappa shape index (κ1) is 30.5. The van der Waals surface area contributed by atoms with E-state index in [1.165, 1.54) is 11.0 Å². The fraction of sp³-hybridized carbons (Fsp3) is 0.462. The number of benzene rings is 2. The number of nitrogens with one attached hydrogen (secondary N) is 1. The maximum atomic E-state index is 13.7. The number of halogens is 3. The predicted molar refractivity (Wildman–Crippen MR) is 142 cm³/mol. The van der Waals surface area contributed by atoms with Crippen LogP contribution in [0.15, 0.2) is 42.5 Å². The molecule has 2 aromatic carbocycles. The predicted octanol–water partition coefficient (Wildman–Crippen LogP) is 4.89. The fourth-order valence-corrected chi connectivity index (χ4v) is 4.94. The number of rotatable bonds is 14. The van der Waals surface area contributed by atoms with Crippen LogP contribution in [0, 0.1) is 11.6 Å². The topological polar surface area (TPSA) is 86.8 Å². The summed E-state index contributed by atoms with van der Waals surface area (Å²) in [5, 5.41) is 3.43. The Balaban J connectivity index is 2.20. The summed E-state index contributed by atoms with van der Waals surface area (Å²) in [4.78, 5) is 27.8. The summed E-state index contributed by atoms with van der Waals surface area (Å²) >= 11 is 5.98. The molecule has 0 fully saturated rings. The van der Waals surface area contributed by atoms with Gasteiger partial charge in [0.2, 0.25) is 21.8 Å². The van der Waals surface area contributed by atoms with Gasteiger partial charge in [0.25, 0.3) is 0 Å². The largest absolute Gasteiger partial charge is 0.354 e. The Hall–Kier alpha value is -2.72. The van der Waals surface area contributed by atoms with Crippen LogP contribution in [-0.4, -0.2) is 50.5 Å². The monoisotopic (exact) mass is 557 g/mol. The van der Waals surface area contributed by atoms with Crippen LogP contribution in [0.4, 0.5) is 14.5 Å². The molecule has 2 amide bonds. The third kappa shape index (κ3) is 9.27. The van der Waals surface area contributed by atoms with E-state index < -0.39 is 27.7 Å². The van der Waals surface area contributed by atoms with Gasteiger partial charge in [0.05, 0.1) is 11.9 Å². The van der Waals surface area contributed by atoms with Gasteiger partial charge in [-0.05, 0) is 49.1 Å². The van der Waals surface area contributed by atoms with Gasteiger partial charge in [-0.25, -0.2) is 17.2 Å². The van der Waals surface area contributed by atoms with Gasteiger partial charge in [0.15, 0.2) is 11.6 Å². The molecule has 2 aromatic rings. The van der Waals surface area contributed by atoms with Crippen molar-refractivity contribution in [3.05, 3.63) is 64.7 Å². The second-order valence-electron chi connectivity index (χ2n) is 8.75. The van der Waals surface area contributed by atoms with Gasteiger partial charge >= 0.3 is 0 Å². The van der Waals surface area contributed by atoms with Crippen molar-refractivity contribution in [2.24, 2.45) is 0 Å². The molecule has 1 atom stereocenters. The standard InChI is InChI=1S/C26H34ClF2N3O4S/c1-4-6-15-30-26(34)24(5-2)31(18-19-9-11-20(27)12-10-19)25(33)8-7-16-32(37(3,35)36)21-13-14-22(28)23(29)17-21/h9-14,17,24H,4-8,15-16,18H2,1-3H3,(H,30,34). The van der Waals surface area contributed by atoms with Gasteiger partial charge in [-0.3, -0.25) is 13.9 Å². The van der Waals surface area contributed by atoms with Crippen molar-refractivity contribution in [2.45, 2.75) is 58.5 Å². The lowest BCUT2D eigenvalue weighted by molar-refractivity contribution is -0.141. The molecule has 204 valence electrons. The molecular weight excluding hydrogens is 524 g/mol. The van der Waals surface area contributed by atoms with Crippen LogP contribution in [0.5, 0.6) is 0 Å². The van der Waals surface area contributed by atoms with Crippen molar-refractivity contribution in [1.82, 2.24) is 10.2 Å². The zero-order chi connectivity index (χ0) is 27.6. The molecule has 7 nitrogen and oxygen atoms in total. The number of carbonyl (C=O) groups is 2. The van der Waals surface area contributed by atoms with Gasteiger partial charge in [-0.15, -0.1) is 0 Å². The summed E-state index contributed by atoms with van der Waals surface area (Å²) in [6, 6.07) is 9.07. The molecule has 0 bridgehead atoms. The summed E-state index contributed by atoms with van der Waals surface area (Å²) in [5.41, 5.74) is 0.755. The number of hydrogen-bond donors (Lipinski definition) is 1. The molecule has 0 aliphatic rings. The van der Waals surface area contributed by atoms with E-state index in [-0.39, 0.29) is 43.4 Å². The summed E-state index contributed by atoms with van der Waals surface area (Å²) < 4.78 is 52.7. The number of amides is 2. The molecule has 2 rings (SSSR count). The Morgan fingerprint density at radius 2 is 1.70 bits per heavy atom. The molecule has 0 aromatic heterocycles. The maximum Gasteiger partial charge on any atom is 0.242 e. The average Bonchev–Trinajstić information content (AvgIpc) is 2.84. The first-order valence-electron chi connectivity index (χ1n) is 12.2. The minimum Gasteiger partial charge on any atom is -0.354 e. The van der Waals surface area contributed by atoms with Crippen molar-refractivity contribution in [2.75, 3.05) is 23.7 Å². The van der Waals surface area contributed by atoms with Crippen LogP contribution in [0.25, 0.3) is 0 Å². The molecule has 0 radical (unpaired) electrons. The van der Waals surface area contributed by atoms with Crippen LogP contribution in [0.1, 0.15) is 51.5 Å². The highest BCUT2D eigenvalue weighted by molar-refractivity contribution is 7.92. The minimum atomic E-state index is -3.82. The van der Waals surface area contributed by atoms with E-state index in [0.29, 0.717) is 18.0 Å². The lowest BCUT2D eigenvalue weighted by Crippen LogP contribution is -2.49. The van der Waals surface area contributed by atoms with E-state index in [9.17, 15) is 26.8 Å². The van der Waals surface area contributed by atoms with E-state index in [1.54, 1.807) is 24.3 Å². The number of anilines is 1. The quantitative estimate of drug-likeness (QED) is 0.335. The highest BCUT2D eigenvalue weighted by Crippen LogP contribution is 2.22. The molecule has 1 N–H and O–H groups in total. The molecule has 0 aliphatic heterocycles. The zero-order valence-corrected chi connectivity index (χ0v) is 22.9. The molecule has 0 heterocycles. The van der Waals surface area contributed by atoms with Crippen LogP contribution in [0.2, 0.25) is 5.02 Å². The first-order valence-corrected chi connectivity index (χ1v) is 14.4. The number of nitrogens with zero attached hydrogens (tertiary/aromatic N) is 2. The van der Waals surface area contributed by atoms with Crippen molar-refractivity contribution >= 4 is 39.1 Å². The average molecular weight is 558 g/mol. The molecule has 11 heteroatoms. The summed E-state index contributed by atoms with van der Waals surface area (Å²) in [7, 11) is -3.82. The Morgan fingerprint density at radius 1 is 1.03 bits per heavy atom. The third-order valence-electron chi connectivity index (χ3n) is 5.82. The Kier molecular flexibility index (Phi) is 11.8. The minimum absolute atomic E-state index is 0.0337. The number of sulfonamides is 1. The summed E-state index contributed by atoms with van der Waals surface area (Å²) in [6.45, 7) is 4.39. The van der Waals surface area contributed by atoms with E-state index in [2.05, 4.69) is 5.32 Å². The molecule has 0 spiro atoms. The molecule has 0 saturated carbocycles. The molecular formula is C26H34ClF2N3O4S. The highest BCUT2D eigenvalue weighted by Gasteiger charge is 2.29. The number of hydrogen-bond acceptors (Lipinski definition) is 4. The fourth-order valence-electron chi connectivity index (χ4n) is 3.86. The molecule has 1 unspecified atom stereocenters. The van der Waals surface area contributed by atoms with Crippen LogP contribution in [0.3, 0.4) is 0 Å². The van der Waals surface area contributed by atoms with Gasteiger partial charge in [-0.2, -0.15) is 0 Å².